The monoisotopic (exact) mass is 271 g/mol. The quantitative estimate of drug-likeness (QED) is 0.841. The average Bonchev–Trinajstić information content (AvgIpc) is 2.98. The van der Waals surface area contributed by atoms with E-state index >= 15 is 0 Å². The molecular weight excluding hydrogens is 250 g/mol. The number of sulfonamides is 1. The van der Waals surface area contributed by atoms with Crippen LogP contribution in [0.25, 0.3) is 0 Å². The fraction of sp³-hybridized carbons (Fsp3) is 0.750. The van der Waals surface area contributed by atoms with Crippen LogP contribution in [-0.2, 0) is 10.0 Å². The van der Waals surface area contributed by atoms with Gasteiger partial charge in [-0.2, -0.15) is 0 Å². The number of aromatic nitrogens is 2. The van der Waals surface area contributed by atoms with E-state index in [-0.39, 0.29) is 6.04 Å². The molecule has 0 amide bonds. The van der Waals surface area contributed by atoms with Gasteiger partial charge >= 0.3 is 0 Å². The zero-order chi connectivity index (χ0) is 13.3. The average molecular weight is 271 g/mol. The molecule has 2 heterocycles. The summed E-state index contributed by atoms with van der Waals surface area (Å²) in [4.78, 5) is 4.23. The standard InChI is InChI=1S/C12H21N3O2S/c1-10(2)15-9-6-13-12(15)11(3)18(16,17)14-7-4-5-8-14/h6,9-11H,4-5,7-8H2,1-3H3/t11-/m1/s1. The van der Waals surface area contributed by atoms with Gasteiger partial charge in [0.15, 0.2) is 0 Å². The molecule has 1 aromatic heterocycles. The predicted molar refractivity (Wildman–Crippen MR) is 70.8 cm³/mol. The lowest BCUT2D eigenvalue weighted by Crippen LogP contribution is -2.32. The highest BCUT2D eigenvalue weighted by Crippen LogP contribution is 2.28. The number of rotatable bonds is 4. The fourth-order valence-corrected chi connectivity index (χ4v) is 4.04. The molecule has 1 aliphatic heterocycles. The van der Waals surface area contributed by atoms with Crippen molar-refractivity contribution in [1.29, 1.82) is 0 Å². The first-order chi connectivity index (χ1) is 8.44. The summed E-state index contributed by atoms with van der Waals surface area (Å²) in [5.74, 6) is 0.636. The van der Waals surface area contributed by atoms with Gasteiger partial charge in [0.05, 0.1) is 0 Å². The zero-order valence-corrected chi connectivity index (χ0v) is 12.0. The minimum absolute atomic E-state index is 0.221. The first-order valence-corrected chi connectivity index (χ1v) is 7.96. The molecule has 1 aromatic rings. The van der Waals surface area contributed by atoms with Crippen LogP contribution in [0.3, 0.4) is 0 Å². The van der Waals surface area contributed by atoms with Crippen molar-refractivity contribution in [3.63, 3.8) is 0 Å². The molecule has 0 unspecified atom stereocenters. The third-order valence-corrected chi connectivity index (χ3v) is 5.68. The summed E-state index contributed by atoms with van der Waals surface area (Å²) in [7, 11) is -3.27. The van der Waals surface area contributed by atoms with Crippen LogP contribution in [-0.4, -0.2) is 35.4 Å². The molecule has 6 heteroatoms. The number of imidazole rings is 1. The van der Waals surface area contributed by atoms with E-state index in [2.05, 4.69) is 4.98 Å². The second-order valence-electron chi connectivity index (χ2n) is 5.08. The fourth-order valence-electron chi connectivity index (χ4n) is 2.38. The van der Waals surface area contributed by atoms with Crippen LogP contribution < -0.4 is 0 Å². The van der Waals surface area contributed by atoms with Crippen molar-refractivity contribution in [2.75, 3.05) is 13.1 Å². The van der Waals surface area contributed by atoms with E-state index in [1.165, 1.54) is 0 Å². The molecule has 0 aromatic carbocycles. The third kappa shape index (κ3) is 2.31. The van der Waals surface area contributed by atoms with Crippen molar-refractivity contribution in [2.24, 2.45) is 0 Å². The summed E-state index contributed by atoms with van der Waals surface area (Å²) in [5.41, 5.74) is 0. The van der Waals surface area contributed by atoms with E-state index in [1.807, 2.05) is 24.6 Å². The van der Waals surface area contributed by atoms with Gasteiger partial charge in [0.1, 0.15) is 11.1 Å². The Morgan fingerprint density at radius 3 is 2.39 bits per heavy atom. The minimum Gasteiger partial charge on any atom is -0.331 e. The lowest BCUT2D eigenvalue weighted by Gasteiger charge is -2.22. The van der Waals surface area contributed by atoms with Gasteiger partial charge in [0.25, 0.3) is 0 Å². The maximum atomic E-state index is 12.5. The van der Waals surface area contributed by atoms with Crippen LogP contribution in [0, 0.1) is 0 Å². The maximum Gasteiger partial charge on any atom is 0.224 e. The van der Waals surface area contributed by atoms with E-state index in [4.69, 9.17) is 0 Å². The zero-order valence-electron chi connectivity index (χ0n) is 11.2. The minimum atomic E-state index is -3.27. The van der Waals surface area contributed by atoms with Gasteiger partial charge in [-0.05, 0) is 33.6 Å². The molecule has 0 N–H and O–H groups in total. The molecule has 1 saturated heterocycles. The normalized spacial score (nSPS) is 19.6. The topological polar surface area (TPSA) is 55.2 Å². The van der Waals surface area contributed by atoms with Gasteiger partial charge in [0.2, 0.25) is 10.0 Å². The Balaban J connectivity index is 2.30. The first kappa shape index (κ1) is 13.5. The Hall–Kier alpha value is -0.880. The van der Waals surface area contributed by atoms with Crippen molar-refractivity contribution in [1.82, 2.24) is 13.9 Å². The van der Waals surface area contributed by atoms with E-state index in [1.54, 1.807) is 17.4 Å². The number of hydrogen-bond acceptors (Lipinski definition) is 3. The smallest absolute Gasteiger partial charge is 0.224 e. The third-order valence-electron chi connectivity index (χ3n) is 3.49. The summed E-state index contributed by atoms with van der Waals surface area (Å²) in [6, 6.07) is 0.221. The summed E-state index contributed by atoms with van der Waals surface area (Å²) in [5, 5.41) is -0.576. The van der Waals surface area contributed by atoms with Crippen molar-refractivity contribution in [3.05, 3.63) is 18.2 Å². The molecule has 1 atom stereocenters. The molecule has 1 aliphatic rings. The summed E-state index contributed by atoms with van der Waals surface area (Å²) in [6.07, 6.45) is 5.44. The lowest BCUT2D eigenvalue weighted by atomic mass is 10.3. The molecule has 5 nitrogen and oxygen atoms in total. The maximum absolute atomic E-state index is 12.5. The van der Waals surface area contributed by atoms with E-state index in [0.717, 1.165) is 12.8 Å². The molecule has 0 aliphatic carbocycles. The SMILES string of the molecule is CC(C)n1ccnc1[C@@H](C)S(=O)(=O)N1CCCC1. The van der Waals surface area contributed by atoms with E-state index < -0.39 is 15.3 Å². The highest BCUT2D eigenvalue weighted by Gasteiger charge is 2.34. The number of hydrogen-bond donors (Lipinski definition) is 0. The van der Waals surface area contributed by atoms with Gasteiger partial charge < -0.3 is 4.57 Å². The molecule has 0 spiro atoms. The molecule has 0 saturated carbocycles. The Kier molecular flexibility index (Phi) is 3.77. The lowest BCUT2D eigenvalue weighted by molar-refractivity contribution is 0.461. The van der Waals surface area contributed by atoms with Crippen LogP contribution in [0.15, 0.2) is 12.4 Å². The van der Waals surface area contributed by atoms with E-state index in [9.17, 15) is 8.42 Å². The van der Waals surface area contributed by atoms with Crippen LogP contribution in [0.1, 0.15) is 50.7 Å². The van der Waals surface area contributed by atoms with Crippen molar-refractivity contribution in [3.8, 4) is 0 Å². The van der Waals surface area contributed by atoms with E-state index in [0.29, 0.717) is 18.9 Å². The second kappa shape index (κ2) is 5.01. The summed E-state index contributed by atoms with van der Waals surface area (Å²) >= 11 is 0. The first-order valence-electron chi connectivity index (χ1n) is 6.46. The molecule has 18 heavy (non-hydrogen) atoms. The Morgan fingerprint density at radius 1 is 1.22 bits per heavy atom. The van der Waals surface area contributed by atoms with Gasteiger partial charge in [-0.1, -0.05) is 0 Å². The van der Waals surface area contributed by atoms with Gasteiger partial charge in [-0.25, -0.2) is 17.7 Å². The number of nitrogens with zero attached hydrogens (tertiary/aromatic N) is 3. The summed E-state index contributed by atoms with van der Waals surface area (Å²) < 4.78 is 28.5. The largest absolute Gasteiger partial charge is 0.331 e. The molecule has 2 rings (SSSR count). The highest BCUT2D eigenvalue weighted by molar-refractivity contribution is 7.89. The van der Waals surface area contributed by atoms with Crippen molar-refractivity contribution < 1.29 is 8.42 Å². The molecule has 0 bridgehead atoms. The van der Waals surface area contributed by atoms with Crippen LogP contribution in [0.2, 0.25) is 0 Å². The highest BCUT2D eigenvalue weighted by atomic mass is 32.2. The molecule has 1 fully saturated rings. The van der Waals surface area contributed by atoms with Gasteiger partial charge in [-0.15, -0.1) is 0 Å². The van der Waals surface area contributed by atoms with Gasteiger partial charge in [-0.3, -0.25) is 0 Å². The van der Waals surface area contributed by atoms with Crippen LogP contribution in [0.5, 0.6) is 0 Å². The molecule has 0 radical (unpaired) electrons. The summed E-state index contributed by atoms with van der Waals surface area (Å²) in [6.45, 7) is 7.08. The Bertz CT molecular complexity index is 501. The van der Waals surface area contributed by atoms with Crippen molar-refractivity contribution >= 4 is 10.0 Å². The van der Waals surface area contributed by atoms with Crippen LogP contribution >= 0.6 is 0 Å². The van der Waals surface area contributed by atoms with Crippen LogP contribution in [0.4, 0.5) is 0 Å². The Morgan fingerprint density at radius 2 is 1.83 bits per heavy atom. The molecule has 102 valence electrons. The van der Waals surface area contributed by atoms with Crippen molar-refractivity contribution in [2.45, 2.75) is 44.9 Å². The van der Waals surface area contributed by atoms with Gasteiger partial charge in [0, 0.05) is 31.5 Å². The molecular formula is C12H21N3O2S. The Labute approximate surface area is 109 Å². The predicted octanol–water partition coefficient (Wildman–Crippen LogP) is 1.95. The second-order valence-corrected chi connectivity index (χ2v) is 7.33.